The Morgan fingerprint density at radius 2 is 1.76 bits per heavy atom. The first kappa shape index (κ1) is 29.4. The van der Waals surface area contributed by atoms with Gasteiger partial charge >= 0.3 is 6.01 Å². The van der Waals surface area contributed by atoms with Crippen LogP contribution in [0.2, 0.25) is 0 Å². The Labute approximate surface area is 269 Å². The van der Waals surface area contributed by atoms with Crippen molar-refractivity contribution in [1.82, 2.24) is 30.0 Å². The third kappa shape index (κ3) is 5.63. The molecule has 4 saturated heterocycles. The zero-order valence-electron chi connectivity index (χ0n) is 26.6. The molecular weight excluding hydrogens is 578 g/mol. The van der Waals surface area contributed by atoms with E-state index in [1.54, 1.807) is 6.07 Å². The van der Waals surface area contributed by atoms with E-state index in [1.807, 2.05) is 29.2 Å². The molecule has 8 rings (SSSR count). The molecule has 4 aliphatic heterocycles. The van der Waals surface area contributed by atoms with Gasteiger partial charge in [-0.05, 0) is 85.4 Å². The number of hydrogen-bond donors (Lipinski definition) is 2. The first-order valence-corrected chi connectivity index (χ1v) is 16.9. The van der Waals surface area contributed by atoms with Gasteiger partial charge in [-0.3, -0.25) is 9.69 Å². The zero-order valence-corrected chi connectivity index (χ0v) is 26.6. The predicted molar refractivity (Wildman–Crippen MR) is 180 cm³/mol. The van der Waals surface area contributed by atoms with Crippen LogP contribution in [-0.2, 0) is 4.79 Å². The standard InChI is InChI=1S/C36H43N7O3/c1-40-14-4-6-28(40)23-46-36-38-33-18-25(32-19-29(44)17-24-5-2-3-7-30(24)32)8-11-31(33)35(39-36)43-26-9-10-27(43)21-41(20-26)22-34(45)42-15-12-37-13-16-42/h2-3,5,7-8,11,17-19,26-28,37,44H,4,6,9-10,12-16,20-23H2,1H3/t26-,27+,28-/m0/s1. The highest BCUT2D eigenvalue weighted by atomic mass is 16.5. The molecule has 1 amide bonds. The van der Waals surface area contributed by atoms with Crippen LogP contribution in [0.4, 0.5) is 5.82 Å². The fraction of sp³-hybridized carbons (Fsp3) is 0.472. The van der Waals surface area contributed by atoms with Gasteiger partial charge in [0.25, 0.3) is 0 Å². The van der Waals surface area contributed by atoms with E-state index >= 15 is 0 Å². The Balaban J connectivity index is 1.13. The first-order valence-electron chi connectivity index (χ1n) is 16.9. The van der Waals surface area contributed by atoms with Crippen molar-refractivity contribution in [2.75, 3.05) is 70.9 Å². The summed E-state index contributed by atoms with van der Waals surface area (Å²) in [6.45, 7) is 7.14. The summed E-state index contributed by atoms with van der Waals surface area (Å²) in [7, 11) is 2.16. The van der Waals surface area contributed by atoms with Crippen molar-refractivity contribution in [2.24, 2.45) is 0 Å². The minimum absolute atomic E-state index is 0.237. The molecule has 5 heterocycles. The monoisotopic (exact) mass is 621 g/mol. The molecule has 0 saturated carbocycles. The fourth-order valence-electron chi connectivity index (χ4n) is 8.09. The maximum absolute atomic E-state index is 13.1. The number of fused-ring (bicyclic) bond motifs is 4. The maximum Gasteiger partial charge on any atom is 0.319 e. The van der Waals surface area contributed by atoms with Crippen LogP contribution in [0.15, 0.2) is 54.6 Å². The summed E-state index contributed by atoms with van der Waals surface area (Å²) in [5.74, 6) is 1.40. The maximum atomic E-state index is 13.1. The smallest absolute Gasteiger partial charge is 0.319 e. The molecule has 2 N–H and O–H groups in total. The molecule has 3 atom stereocenters. The number of anilines is 1. The molecule has 10 nitrogen and oxygen atoms in total. The van der Waals surface area contributed by atoms with Crippen LogP contribution in [0.5, 0.6) is 11.8 Å². The van der Waals surface area contributed by atoms with Crippen molar-refractivity contribution < 1.29 is 14.6 Å². The summed E-state index contributed by atoms with van der Waals surface area (Å²) in [5, 5.41) is 17.0. The van der Waals surface area contributed by atoms with Crippen molar-refractivity contribution in [2.45, 2.75) is 43.8 Å². The Morgan fingerprint density at radius 1 is 0.957 bits per heavy atom. The Bertz CT molecular complexity index is 1740. The summed E-state index contributed by atoms with van der Waals surface area (Å²) in [5.41, 5.74) is 2.79. The number of amides is 1. The van der Waals surface area contributed by atoms with E-state index in [-0.39, 0.29) is 23.7 Å². The lowest BCUT2D eigenvalue weighted by molar-refractivity contribution is -0.133. The normalized spacial score (nSPS) is 23.9. The number of carbonyl (C=O) groups excluding carboxylic acids is 1. The number of phenols is 1. The molecule has 2 bridgehead atoms. The van der Waals surface area contributed by atoms with Gasteiger partial charge in [0.1, 0.15) is 18.2 Å². The highest BCUT2D eigenvalue weighted by Crippen LogP contribution is 2.40. The Morgan fingerprint density at radius 3 is 2.54 bits per heavy atom. The van der Waals surface area contributed by atoms with E-state index in [0.29, 0.717) is 25.2 Å². The largest absolute Gasteiger partial charge is 0.508 e. The van der Waals surface area contributed by atoms with Crippen molar-refractivity contribution in [1.29, 1.82) is 0 Å². The molecule has 4 aliphatic rings. The Hall–Kier alpha value is -3.99. The van der Waals surface area contributed by atoms with Gasteiger partial charge < -0.3 is 29.9 Å². The van der Waals surface area contributed by atoms with Crippen LogP contribution in [0.1, 0.15) is 25.7 Å². The number of nitrogens with zero attached hydrogens (tertiary/aromatic N) is 6. The van der Waals surface area contributed by atoms with E-state index in [4.69, 9.17) is 14.7 Å². The lowest BCUT2D eigenvalue weighted by atomic mass is 9.97. The average molecular weight is 622 g/mol. The van der Waals surface area contributed by atoms with Crippen LogP contribution in [0.3, 0.4) is 0 Å². The highest BCUT2D eigenvalue weighted by molar-refractivity contribution is 6.01. The number of carbonyl (C=O) groups is 1. The minimum atomic E-state index is 0.237. The molecule has 0 aliphatic carbocycles. The van der Waals surface area contributed by atoms with E-state index in [2.05, 4.69) is 51.3 Å². The van der Waals surface area contributed by atoms with Gasteiger partial charge in [0.05, 0.1) is 12.1 Å². The van der Waals surface area contributed by atoms with Crippen LogP contribution in [0, 0.1) is 0 Å². The van der Waals surface area contributed by atoms with Crippen molar-refractivity contribution in [3.05, 3.63) is 54.6 Å². The second-order valence-electron chi connectivity index (χ2n) is 13.5. The summed E-state index contributed by atoms with van der Waals surface area (Å²) < 4.78 is 6.37. The van der Waals surface area contributed by atoms with Gasteiger partial charge in [0, 0.05) is 62.8 Å². The number of benzene rings is 3. The summed E-state index contributed by atoms with van der Waals surface area (Å²) in [6, 6.07) is 19.5. The first-order chi connectivity index (χ1) is 22.5. The quantitative estimate of drug-likeness (QED) is 0.320. The summed E-state index contributed by atoms with van der Waals surface area (Å²) in [6.07, 6.45) is 4.45. The highest BCUT2D eigenvalue weighted by Gasteiger charge is 2.42. The number of likely N-dealkylation sites (tertiary alicyclic amines) is 2. The lowest BCUT2D eigenvalue weighted by Crippen LogP contribution is -2.57. The van der Waals surface area contributed by atoms with Crippen LogP contribution >= 0.6 is 0 Å². The number of piperazine rings is 2. The number of phenolic OH excluding ortho intramolecular Hbond substituents is 1. The molecule has 10 heteroatoms. The number of ether oxygens (including phenoxy) is 1. The molecule has 1 aromatic heterocycles. The minimum Gasteiger partial charge on any atom is -0.508 e. The van der Waals surface area contributed by atoms with Crippen LogP contribution in [0.25, 0.3) is 32.8 Å². The number of hydrogen-bond acceptors (Lipinski definition) is 9. The van der Waals surface area contributed by atoms with E-state index in [9.17, 15) is 9.90 Å². The van der Waals surface area contributed by atoms with Crippen molar-refractivity contribution in [3.8, 4) is 22.9 Å². The SMILES string of the molecule is CN1CCC[C@H]1COc1nc(N2[C@@H]3CC[C@H]2CN(CC(=O)N2CCNCC2)C3)c2ccc(-c3cc(O)cc4ccccc34)cc2n1. The van der Waals surface area contributed by atoms with Gasteiger partial charge in [-0.1, -0.05) is 30.3 Å². The van der Waals surface area contributed by atoms with Gasteiger partial charge in [0.15, 0.2) is 0 Å². The average Bonchev–Trinajstić information content (AvgIpc) is 3.61. The third-order valence-electron chi connectivity index (χ3n) is 10.5. The number of aromatic hydroxyl groups is 1. The second-order valence-corrected chi connectivity index (χ2v) is 13.5. The van der Waals surface area contributed by atoms with Gasteiger partial charge in [0.2, 0.25) is 5.91 Å². The topological polar surface area (TPSA) is 97.3 Å². The molecule has 240 valence electrons. The van der Waals surface area contributed by atoms with Crippen molar-refractivity contribution in [3.63, 3.8) is 0 Å². The van der Waals surface area contributed by atoms with E-state index < -0.39 is 0 Å². The summed E-state index contributed by atoms with van der Waals surface area (Å²) >= 11 is 0. The zero-order chi connectivity index (χ0) is 31.2. The van der Waals surface area contributed by atoms with Gasteiger partial charge in [-0.15, -0.1) is 0 Å². The van der Waals surface area contributed by atoms with Gasteiger partial charge in [-0.2, -0.15) is 9.97 Å². The van der Waals surface area contributed by atoms with Crippen LogP contribution < -0.4 is 15.0 Å². The molecule has 46 heavy (non-hydrogen) atoms. The fourth-order valence-corrected chi connectivity index (χ4v) is 8.09. The molecular formula is C36H43N7O3. The predicted octanol–water partition coefficient (Wildman–Crippen LogP) is 3.71. The molecule has 4 aromatic rings. The lowest BCUT2D eigenvalue weighted by Gasteiger charge is -2.42. The molecule has 0 radical (unpaired) electrons. The van der Waals surface area contributed by atoms with Crippen LogP contribution in [-0.4, -0.2) is 120 Å². The molecule has 0 unspecified atom stereocenters. The third-order valence-corrected chi connectivity index (χ3v) is 10.5. The number of aromatic nitrogens is 2. The van der Waals surface area contributed by atoms with Gasteiger partial charge in [-0.25, -0.2) is 0 Å². The second kappa shape index (κ2) is 12.3. The number of likely N-dealkylation sites (N-methyl/N-ethyl adjacent to an activating group) is 1. The summed E-state index contributed by atoms with van der Waals surface area (Å²) in [4.78, 5) is 32.4. The molecule has 4 fully saturated rings. The Kier molecular flexibility index (Phi) is 7.88. The van der Waals surface area contributed by atoms with E-state index in [1.165, 1.54) is 6.42 Å². The number of nitrogens with one attached hydrogen (secondary N) is 1. The van der Waals surface area contributed by atoms with E-state index in [0.717, 1.165) is 104 Å². The molecule has 0 spiro atoms. The van der Waals surface area contributed by atoms with Crippen molar-refractivity contribution >= 4 is 33.4 Å². The molecule has 3 aromatic carbocycles. The number of rotatable bonds is 7.